The van der Waals surface area contributed by atoms with Crippen molar-refractivity contribution in [3.63, 3.8) is 0 Å². The Bertz CT molecular complexity index is 837. The van der Waals surface area contributed by atoms with E-state index in [-0.39, 0.29) is 29.0 Å². The van der Waals surface area contributed by atoms with Crippen molar-refractivity contribution in [1.29, 1.82) is 0 Å². The van der Waals surface area contributed by atoms with Gasteiger partial charge in [0, 0.05) is 18.6 Å². The first-order valence-corrected chi connectivity index (χ1v) is 10.6. The van der Waals surface area contributed by atoms with Crippen LogP contribution in [-0.2, 0) is 6.42 Å². The summed E-state index contributed by atoms with van der Waals surface area (Å²) in [6.45, 7) is 0.599. The van der Waals surface area contributed by atoms with Crippen molar-refractivity contribution < 1.29 is 9.59 Å². The van der Waals surface area contributed by atoms with Gasteiger partial charge in [0.05, 0.1) is 15.6 Å². The molecule has 0 bridgehead atoms. The van der Waals surface area contributed by atoms with Gasteiger partial charge < -0.3 is 16.0 Å². The Hall–Kier alpha value is -2.24. The van der Waals surface area contributed by atoms with Crippen molar-refractivity contribution in [1.82, 2.24) is 16.0 Å². The number of urea groups is 1. The van der Waals surface area contributed by atoms with Crippen LogP contribution in [0.25, 0.3) is 0 Å². The Morgan fingerprint density at radius 1 is 0.862 bits per heavy atom. The van der Waals surface area contributed by atoms with Crippen LogP contribution in [0.5, 0.6) is 0 Å². The fraction of sp³-hybridized carbons (Fsp3) is 0.364. The summed E-state index contributed by atoms with van der Waals surface area (Å²) >= 11 is 12.1. The summed E-state index contributed by atoms with van der Waals surface area (Å²) in [4.78, 5) is 24.5. The van der Waals surface area contributed by atoms with Gasteiger partial charge in [0.2, 0.25) is 0 Å². The van der Waals surface area contributed by atoms with Crippen LogP contribution in [-0.4, -0.2) is 30.6 Å². The molecule has 3 N–H and O–H groups in total. The largest absolute Gasteiger partial charge is 0.349 e. The third-order valence-electron chi connectivity index (χ3n) is 5.14. The summed E-state index contributed by atoms with van der Waals surface area (Å²) in [7, 11) is 0. The smallest absolute Gasteiger partial charge is 0.315 e. The van der Waals surface area contributed by atoms with Crippen LogP contribution in [0.3, 0.4) is 0 Å². The van der Waals surface area contributed by atoms with Crippen LogP contribution in [0.15, 0.2) is 48.5 Å². The third-order valence-corrected chi connectivity index (χ3v) is 5.95. The molecule has 0 radical (unpaired) electrons. The minimum Gasteiger partial charge on any atom is -0.349 e. The molecule has 3 amide bonds. The van der Waals surface area contributed by atoms with Crippen LogP contribution >= 0.6 is 23.2 Å². The molecular weight excluding hydrogens is 409 g/mol. The molecule has 0 aliphatic heterocycles. The Kier molecular flexibility index (Phi) is 7.78. The van der Waals surface area contributed by atoms with Gasteiger partial charge in [-0.1, -0.05) is 59.6 Å². The second kappa shape index (κ2) is 10.5. The number of hydrogen-bond donors (Lipinski definition) is 3. The quantitative estimate of drug-likeness (QED) is 0.623. The molecule has 0 heterocycles. The number of nitrogens with one attached hydrogen (secondary N) is 3. The second-order valence-corrected chi connectivity index (χ2v) is 8.04. The van der Waals surface area contributed by atoms with E-state index >= 15 is 0 Å². The zero-order valence-corrected chi connectivity index (χ0v) is 17.6. The molecule has 0 aromatic heterocycles. The molecule has 0 atom stereocenters. The second-order valence-electron chi connectivity index (χ2n) is 7.26. The van der Waals surface area contributed by atoms with Gasteiger partial charge in [-0.2, -0.15) is 0 Å². The Labute approximate surface area is 181 Å². The molecule has 154 valence electrons. The number of benzene rings is 2. The van der Waals surface area contributed by atoms with E-state index in [2.05, 4.69) is 16.0 Å². The van der Waals surface area contributed by atoms with Crippen molar-refractivity contribution in [3.8, 4) is 0 Å². The molecule has 0 saturated heterocycles. The van der Waals surface area contributed by atoms with Crippen molar-refractivity contribution in [2.75, 3.05) is 6.54 Å². The predicted molar refractivity (Wildman–Crippen MR) is 117 cm³/mol. The van der Waals surface area contributed by atoms with Crippen molar-refractivity contribution in [2.45, 2.75) is 44.2 Å². The molecule has 2 aromatic carbocycles. The highest BCUT2D eigenvalue weighted by Crippen LogP contribution is 2.26. The first kappa shape index (κ1) is 21.5. The highest BCUT2D eigenvalue weighted by Gasteiger charge is 2.24. The van der Waals surface area contributed by atoms with E-state index in [4.69, 9.17) is 23.2 Å². The molecule has 0 unspecified atom stereocenters. The van der Waals surface area contributed by atoms with Crippen molar-refractivity contribution >= 4 is 35.1 Å². The summed E-state index contributed by atoms with van der Waals surface area (Å²) in [5, 5.41) is 9.59. The van der Waals surface area contributed by atoms with Crippen molar-refractivity contribution in [2.24, 2.45) is 0 Å². The molecule has 5 nitrogen and oxygen atoms in total. The number of rotatable bonds is 6. The molecular formula is C22H25Cl2N3O2. The maximum absolute atomic E-state index is 12.4. The van der Waals surface area contributed by atoms with Gasteiger partial charge in [-0.05, 0) is 49.8 Å². The van der Waals surface area contributed by atoms with Crippen LogP contribution in [0.1, 0.15) is 41.6 Å². The summed E-state index contributed by atoms with van der Waals surface area (Å²) in [6, 6.07) is 15.1. The minimum absolute atomic E-state index is 0.0664. The SMILES string of the molecule is O=C(NCCc1ccccc1)NC1CCC(NC(=O)c2cccc(Cl)c2Cl)CC1. The molecule has 29 heavy (non-hydrogen) atoms. The topological polar surface area (TPSA) is 70.2 Å². The molecule has 7 heteroatoms. The fourth-order valence-electron chi connectivity index (χ4n) is 3.53. The highest BCUT2D eigenvalue weighted by molar-refractivity contribution is 6.43. The monoisotopic (exact) mass is 433 g/mol. The molecule has 0 spiro atoms. The minimum atomic E-state index is -0.215. The van der Waals surface area contributed by atoms with Crippen LogP contribution in [0, 0.1) is 0 Å². The summed E-state index contributed by atoms with van der Waals surface area (Å²) in [5.74, 6) is -0.215. The fourth-order valence-corrected chi connectivity index (χ4v) is 3.91. The average molecular weight is 434 g/mol. The van der Waals surface area contributed by atoms with E-state index in [9.17, 15) is 9.59 Å². The lowest BCUT2D eigenvalue weighted by molar-refractivity contribution is 0.0924. The number of hydrogen-bond acceptors (Lipinski definition) is 2. The number of amides is 3. The van der Waals surface area contributed by atoms with E-state index in [1.165, 1.54) is 5.56 Å². The van der Waals surface area contributed by atoms with Gasteiger partial charge in [-0.25, -0.2) is 4.79 Å². The van der Waals surface area contributed by atoms with Gasteiger partial charge in [0.1, 0.15) is 0 Å². The first-order valence-electron chi connectivity index (χ1n) is 9.86. The normalized spacial score (nSPS) is 18.7. The maximum Gasteiger partial charge on any atom is 0.315 e. The van der Waals surface area contributed by atoms with Gasteiger partial charge in [0.25, 0.3) is 5.91 Å². The molecule has 1 saturated carbocycles. The number of carbonyl (C=O) groups excluding carboxylic acids is 2. The van der Waals surface area contributed by atoms with E-state index in [1.54, 1.807) is 18.2 Å². The molecule has 3 rings (SSSR count). The molecule has 1 aliphatic carbocycles. The summed E-state index contributed by atoms with van der Waals surface area (Å²) in [5.41, 5.74) is 1.58. The zero-order chi connectivity index (χ0) is 20.6. The lowest BCUT2D eigenvalue weighted by atomic mass is 9.91. The van der Waals surface area contributed by atoms with Crippen LogP contribution < -0.4 is 16.0 Å². The predicted octanol–water partition coefficient (Wildman–Crippen LogP) is 4.58. The zero-order valence-electron chi connectivity index (χ0n) is 16.1. The third kappa shape index (κ3) is 6.38. The standard InChI is InChI=1S/C22H25Cl2N3O2/c23-19-8-4-7-18(20(19)24)21(28)26-16-9-11-17(12-10-16)27-22(29)25-14-13-15-5-2-1-3-6-15/h1-8,16-17H,9-14H2,(H,26,28)(H2,25,27,29). The Morgan fingerprint density at radius 3 is 2.21 bits per heavy atom. The van der Waals surface area contributed by atoms with Gasteiger partial charge in [-0.15, -0.1) is 0 Å². The Balaban J connectivity index is 1.37. The number of carbonyl (C=O) groups is 2. The Morgan fingerprint density at radius 2 is 1.52 bits per heavy atom. The van der Waals surface area contributed by atoms with Gasteiger partial charge in [-0.3, -0.25) is 4.79 Å². The lowest BCUT2D eigenvalue weighted by Crippen LogP contribution is -2.47. The summed E-state index contributed by atoms with van der Waals surface area (Å²) in [6.07, 6.45) is 4.05. The van der Waals surface area contributed by atoms with Crippen LogP contribution in [0.4, 0.5) is 4.79 Å². The average Bonchev–Trinajstić information content (AvgIpc) is 2.72. The van der Waals surface area contributed by atoms with Gasteiger partial charge >= 0.3 is 6.03 Å². The highest BCUT2D eigenvalue weighted by atomic mass is 35.5. The molecule has 1 aliphatic rings. The first-order chi connectivity index (χ1) is 14.0. The molecule has 1 fully saturated rings. The molecule has 2 aromatic rings. The van der Waals surface area contributed by atoms with Gasteiger partial charge in [0.15, 0.2) is 0 Å². The van der Waals surface area contributed by atoms with Crippen LogP contribution in [0.2, 0.25) is 10.0 Å². The van der Waals surface area contributed by atoms with E-state index in [1.807, 2.05) is 30.3 Å². The maximum atomic E-state index is 12.4. The van der Waals surface area contributed by atoms with E-state index in [0.717, 1.165) is 32.1 Å². The van der Waals surface area contributed by atoms with Crippen molar-refractivity contribution in [3.05, 3.63) is 69.7 Å². The van der Waals surface area contributed by atoms with E-state index < -0.39 is 0 Å². The summed E-state index contributed by atoms with van der Waals surface area (Å²) < 4.78 is 0. The lowest BCUT2D eigenvalue weighted by Gasteiger charge is -2.29. The number of halogens is 2. The van der Waals surface area contributed by atoms with E-state index in [0.29, 0.717) is 17.1 Å².